The van der Waals surface area contributed by atoms with Gasteiger partial charge in [0.1, 0.15) is 0 Å². The molecule has 1 aromatic carbocycles. The van der Waals surface area contributed by atoms with Gasteiger partial charge in [0.25, 0.3) is 0 Å². The Bertz CT molecular complexity index is 694. The number of nitrogens with zero attached hydrogens (tertiary/aromatic N) is 3. The van der Waals surface area contributed by atoms with E-state index in [0.29, 0.717) is 5.92 Å². The normalized spacial score (nSPS) is 20.6. The summed E-state index contributed by atoms with van der Waals surface area (Å²) in [5.41, 5.74) is 1.18. The molecule has 2 unspecified atom stereocenters. The first-order chi connectivity index (χ1) is 14.7. The highest BCUT2D eigenvalue weighted by molar-refractivity contribution is 14.0. The van der Waals surface area contributed by atoms with Gasteiger partial charge in [0.2, 0.25) is 0 Å². The maximum absolute atomic E-state index is 5.58. The molecule has 31 heavy (non-hydrogen) atoms. The third kappa shape index (κ3) is 7.10. The molecule has 176 valence electrons. The number of guanidine groups is 1. The fourth-order valence-corrected chi connectivity index (χ4v) is 4.18. The van der Waals surface area contributed by atoms with Crippen LogP contribution in [0.3, 0.4) is 0 Å². The van der Waals surface area contributed by atoms with Crippen molar-refractivity contribution >= 4 is 29.9 Å². The van der Waals surface area contributed by atoms with Gasteiger partial charge in [-0.05, 0) is 24.1 Å². The van der Waals surface area contributed by atoms with Gasteiger partial charge in [0.15, 0.2) is 17.5 Å². The van der Waals surface area contributed by atoms with Gasteiger partial charge in [-0.2, -0.15) is 0 Å². The van der Waals surface area contributed by atoms with Gasteiger partial charge in [-0.25, -0.2) is 0 Å². The van der Waals surface area contributed by atoms with E-state index in [2.05, 4.69) is 39.3 Å². The van der Waals surface area contributed by atoms with Crippen molar-refractivity contribution in [3.63, 3.8) is 0 Å². The average molecular weight is 548 g/mol. The molecular weight excluding hydrogens is 511 g/mol. The van der Waals surface area contributed by atoms with E-state index in [1.807, 2.05) is 13.1 Å². The standard InChI is InChI=1S/C22H36N4O4.HI/c1-23-22(25(2)15-17-7-10-30-16-17)24-14-19(26-8-11-29-12-9-26)18-5-6-20(27-3)21(13-18)28-4;/h5-6,13,17,19H,7-12,14-16H2,1-4H3,(H,23,24);1H. The van der Waals surface area contributed by atoms with Gasteiger partial charge >= 0.3 is 0 Å². The first-order valence-corrected chi connectivity index (χ1v) is 10.7. The van der Waals surface area contributed by atoms with E-state index in [4.69, 9.17) is 18.9 Å². The van der Waals surface area contributed by atoms with Crippen LogP contribution < -0.4 is 14.8 Å². The van der Waals surface area contributed by atoms with Crippen LogP contribution in [0.2, 0.25) is 0 Å². The molecule has 0 radical (unpaired) electrons. The van der Waals surface area contributed by atoms with Crippen LogP contribution >= 0.6 is 24.0 Å². The molecule has 2 heterocycles. The van der Waals surface area contributed by atoms with Crippen LogP contribution in [0.25, 0.3) is 0 Å². The molecule has 2 saturated heterocycles. The number of benzene rings is 1. The second-order valence-electron chi connectivity index (χ2n) is 7.82. The quantitative estimate of drug-likeness (QED) is 0.304. The molecule has 3 rings (SSSR count). The highest BCUT2D eigenvalue weighted by Crippen LogP contribution is 2.32. The molecule has 0 bridgehead atoms. The lowest BCUT2D eigenvalue weighted by Crippen LogP contribution is -2.47. The van der Waals surface area contributed by atoms with E-state index in [1.165, 1.54) is 5.56 Å². The van der Waals surface area contributed by atoms with Crippen LogP contribution in [-0.4, -0.2) is 96.7 Å². The molecule has 2 aliphatic heterocycles. The van der Waals surface area contributed by atoms with Gasteiger partial charge < -0.3 is 29.2 Å². The highest BCUT2D eigenvalue weighted by atomic mass is 127. The van der Waals surface area contributed by atoms with Crippen LogP contribution in [0, 0.1) is 5.92 Å². The Hall–Kier alpha value is -1.30. The number of halogens is 1. The lowest BCUT2D eigenvalue weighted by atomic mass is 10.0. The van der Waals surface area contributed by atoms with Gasteiger partial charge in [-0.3, -0.25) is 9.89 Å². The number of methoxy groups -OCH3 is 2. The largest absolute Gasteiger partial charge is 0.493 e. The summed E-state index contributed by atoms with van der Waals surface area (Å²) in [4.78, 5) is 9.16. The van der Waals surface area contributed by atoms with Crippen molar-refractivity contribution in [2.75, 3.05) is 80.9 Å². The first kappa shape index (κ1) is 26.0. The van der Waals surface area contributed by atoms with Crippen molar-refractivity contribution in [3.05, 3.63) is 23.8 Å². The number of rotatable bonds is 8. The fraction of sp³-hybridized carbons (Fsp3) is 0.682. The van der Waals surface area contributed by atoms with Crippen molar-refractivity contribution in [2.24, 2.45) is 10.9 Å². The van der Waals surface area contributed by atoms with Gasteiger partial charge in [-0.1, -0.05) is 6.07 Å². The van der Waals surface area contributed by atoms with E-state index in [9.17, 15) is 0 Å². The lowest BCUT2D eigenvalue weighted by molar-refractivity contribution is 0.0168. The number of morpholine rings is 1. The molecule has 0 aromatic heterocycles. The number of aliphatic imine (C=N–C) groups is 1. The summed E-state index contributed by atoms with van der Waals surface area (Å²) in [6.07, 6.45) is 1.11. The average Bonchev–Trinajstić information content (AvgIpc) is 3.30. The minimum absolute atomic E-state index is 0. The Labute approximate surface area is 203 Å². The first-order valence-electron chi connectivity index (χ1n) is 10.7. The van der Waals surface area contributed by atoms with E-state index >= 15 is 0 Å². The van der Waals surface area contributed by atoms with Crippen molar-refractivity contribution in [1.82, 2.24) is 15.1 Å². The van der Waals surface area contributed by atoms with Gasteiger partial charge in [-0.15, -0.1) is 24.0 Å². The Morgan fingerprint density at radius 2 is 1.94 bits per heavy atom. The monoisotopic (exact) mass is 548 g/mol. The summed E-state index contributed by atoms with van der Waals surface area (Å²) in [7, 11) is 7.26. The molecule has 0 aliphatic carbocycles. The topological polar surface area (TPSA) is 67.8 Å². The Balaban J connectivity index is 0.00000341. The molecule has 2 fully saturated rings. The third-order valence-electron chi connectivity index (χ3n) is 5.86. The van der Waals surface area contributed by atoms with Gasteiger partial charge in [0, 0.05) is 52.8 Å². The van der Waals surface area contributed by atoms with Crippen molar-refractivity contribution < 1.29 is 18.9 Å². The van der Waals surface area contributed by atoms with Crippen LogP contribution in [0.15, 0.2) is 23.2 Å². The molecular formula is C22H37IN4O4. The van der Waals surface area contributed by atoms with Crippen LogP contribution in [-0.2, 0) is 9.47 Å². The predicted molar refractivity (Wildman–Crippen MR) is 133 cm³/mol. The minimum Gasteiger partial charge on any atom is -0.493 e. The molecule has 8 nitrogen and oxygen atoms in total. The molecule has 2 aliphatic rings. The zero-order valence-electron chi connectivity index (χ0n) is 19.1. The van der Waals surface area contributed by atoms with E-state index in [-0.39, 0.29) is 30.0 Å². The van der Waals surface area contributed by atoms with Crippen LogP contribution in [0.5, 0.6) is 11.5 Å². The Morgan fingerprint density at radius 3 is 2.55 bits per heavy atom. The SMILES string of the molecule is CN=C(NCC(c1ccc(OC)c(OC)c1)N1CCOCC1)N(C)CC1CCOC1.I. The molecule has 2 atom stereocenters. The minimum atomic E-state index is 0. The van der Waals surface area contributed by atoms with E-state index in [1.54, 1.807) is 14.2 Å². The van der Waals surface area contributed by atoms with Crippen molar-refractivity contribution in [2.45, 2.75) is 12.5 Å². The highest BCUT2D eigenvalue weighted by Gasteiger charge is 2.25. The Kier molecular flexibility index (Phi) is 11.1. The zero-order valence-corrected chi connectivity index (χ0v) is 21.5. The summed E-state index contributed by atoms with van der Waals surface area (Å²) < 4.78 is 22.1. The zero-order chi connectivity index (χ0) is 21.3. The third-order valence-corrected chi connectivity index (χ3v) is 5.86. The van der Waals surface area contributed by atoms with Crippen molar-refractivity contribution in [3.8, 4) is 11.5 Å². The van der Waals surface area contributed by atoms with E-state index in [0.717, 1.165) is 76.5 Å². The van der Waals surface area contributed by atoms with E-state index < -0.39 is 0 Å². The maximum Gasteiger partial charge on any atom is 0.193 e. The maximum atomic E-state index is 5.58. The number of hydrogen-bond acceptors (Lipinski definition) is 6. The smallest absolute Gasteiger partial charge is 0.193 e. The second kappa shape index (κ2) is 13.3. The number of hydrogen-bond donors (Lipinski definition) is 1. The molecule has 0 spiro atoms. The number of ether oxygens (including phenoxy) is 4. The molecule has 1 aromatic rings. The summed E-state index contributed by atoms with van der Waals surface area (Å²) in [5, 5.41) is 3.59. The molecule has 1 N–H and O–H groups in total. The molecule has 0 saturated carbocycles. The second-order valence-corrected chi connectivity index (χ2v) is 7.82. The summed E-state index contributed by atoms with van der Waals surface area (Å²) in [5.74, 6) is 2.95. The van der Waals surface area contributed by atoms with Crippen LogP contribution in [0.4, 0.5) is 0 Å². The lowest BCUT2D eigenvalue weighted by Gasteiger charge is -2.36. The van der Waals surface area contributed by atoms with Crippen molar-refractivity contribution in [1.29, 1.82) is 0 Å². The summed E-state index contributed by atoms with van der Waals surface area (Å²) in [6.45, 7) is 6.68. The summed E-state index contributed by atoms with van der Waals surface area (Å²) >= 11 is 0. The summed E-state index contributed by atoms with van der Waals surface area (Å²) in [6, 6.07) is 6.34. The Morgan fingerprint density at radius 1 is 1.19 bits per heavy atom. The molecule has 0 amide bonds. The molecule has 9 heteroatoms. The van der Waals surface area contributed by atoms with Crippen LogP contribution in [0.1, 0.15) is 18.0 Å². The van der Waals surface area contributed by atoms with Gasteiger partial charge in [0.05, 0.1) is 40.1 Å². The fourth-order valence-electron chi connectivity index (χ4n) is 4.18. The predicted octanol–water partition coefficient (Wildman–Crippen LogP) is 2.24. The number of nitrogens with one attached hydrogen (secondary N) is 1.